The van der Waals surface area contributed by atoms with Crippen LogP contribution in [-0.2, 0) is 14.8 Å². The number of sulfonamides is 1. The summed E-state index contributed by atoms with van der Waals surface area (Å²) in [6, 6.07) is 7.09. The number of rotatable bonds is 8. The van der Waals surface area contributed by atoms with Gasteiger partial charge in [0.25, 0.3) is 0 Å². The van der Waals surface area contributed by atoms with Crippen molar-refractivity contribution in [3.63, 3.8) is 0 Å². The molecule has 0 spiro atoms. The van der Waals surface area contributed by atoms with Crippen LogP contribution in [0.5, 0.6) is 5.75 Å². The third-order valence-corrected chi connectivity index (χ3v) is 4.47. The predicted octanol–water partition coefficient (Wildman–Crippen LogP) is 1.38. The van der Waals surface area contributed by atoms with Gasteiger partial charge in [-0.25, -0.2) is 13.1 Å². The summed E-state index contributed by atoms with van der Waals surface area (Å²) in [5, 5.41) is 0. The zero-order valence-electron chi connectivity index (χ0n) is 12.6. The van der Waals surface area contributed by atoms with E-state index in [4.69, 9.17) is 4.74 Å². The Labute approximate surface area is 126 Å². The van der Waals surface area contributed by atoms with E-state index in [2.05, 4.69) is 4.72 Å². The summed E-state index contributed by atoms with van der Waals surface area (Å²) in [6.45, 7) is 3.70. The third kappa shape index (κ3) is 5.73. The van der Waals surface area contributed by atoms with Gasteiger partial charge in [0.2, 0.25) is 15.9 Å². The molecular formula is C14H22N2O4S. The van der Waals surface area contributed by atoms with Crippen molar-refractivity contribution in [2.24, 2.45) is 0 Å². The van der Waals surface area contributed by atoms with Gasteiger partial charge in [0.15, 0.2) is 0 Å². The van der Waals surface area contributed by atoms with Gasteiger partial charge in [-0.05, 0) is 18.6 Å². The van der Waals surface area contributed by atoms with Crippen LogP contribution in [0.25, 0.3) is 0 Å². The van der Waals surface area contributed by atoms with E-state index in [0.29, 0.717) is 17.9 Å². The molecule has 0 bridgehead atoms. The number of nitrogens with one attached hydrogen (secondary N) is 1. The van der Waals surface area contributed by atoms with E-state index in [9.17, 15) is 13.2 Å². The van der Waals surface area contributed by atoms with Gasteiger partial charge in [-0.2, -0.15) is 0 Å². The summed E-state index contributed by atoms with van der Waals surface area (Å²) in [5.74, 6) is 0.579. The van der Waals surface area contributed by atoms with Crippen LogP contribution < -0.4 is 14.4 Å². The van der Waals surface area contributed by atoms with Crippen LogP contribution in [0.1, 0.15) is 20.3 Å². The van der Waals surface area contributed by atoms with E-state index < -0.39 is 10.0 Å². The summed E-state index contributed by atoms with van der Waals surface area (Å²) < 4.78 is 30.8. The van der Waals surface area contributed by atoms with Gasteiger partial charge in [0, 0.05) is 31.8 Å². The molecule has 0 atom stereocenters. The predicted molar refractivity (Wildman–Crippen MR) is 83.1 cm³/mol. The molecule has 118 valence electrons. The Morgan fingerprint density at radius 1 is 1.38 bits per heavy atom. The lowest BCUT2D eigenvalue weighted by atomic mass is 10.2. The highest BCUT2D eigenvalue weighted by Gasteiger charge is 2.14. The van der Waals surface area contributed by atoms with Gasteiger partial charge < -0.3 is 9.64 Å². The first kappa shape index (κ1) is 17.5. The maximum absolute atomic E-state index is 11.7. The third-order valence-electron chi connectivity index (χ3n) is 2.88. The standard InChI is InChI=1S/C14H22N2O4S/c1-4-10-21(18,19)15-8-9-16(12(2)17)13-6-5-7-14(11-13)20-3/h5-7,11,15H,4,8-10H2,1-3H3. The van der Waals surface area contributed by atoms with E-state index in [-0.39, 0.29) is 24.7 Å². The van der Waals surface area contributed by atoms with Crippen LogP contribution in [0.3, 0.4) is 0 Å². The molecule has 1 rings (SSSR count). The number of carbonyl (C=O) groups is 1. The Hall–Kier alpha value is -1.60. The number of nitrogens with zero attached hydrogens (tertiary/aromatic N) is 1. The van der Waals surface area contributed by atoms with Crippen molar-refractivity contribution in [3.8, 4) is 5.75 Å². The van der Waals surface area contributed by atoms with Gasteiger partial charge in [0.05, 0.1) is 12.9 Å². The van der Waals surface area contributed by atoms with E-state index in [0.717, 1.165) is 0 Å². The van der Waals surface area contributed by atoms with E-state index in [1.165, 1.54) is 11.8 Å². The molecule has 0 aliphatic heterocycles. The second kappa shape index (κ2) is 7.99. The molecule has 1 aromatic carbocycles. The number of amides is 1. The van der Waals surface area contributed by atoms with Crippen molar-refractivity contribution in [2.45, 2.75) is 20.3 Å². The molecule has 0 aliphatic carbocycles. The summed E-state index contributed by atoms with van der Waals surface area (Å²) in [4.78, 5) is 13.2. The molecular weight excluding hydrogens is 292 g/mol. The number of hydrogen-bond donors (Lipinski definition) is 1. The second-order valence-corrected chi connectivity index (χ2v) is 6.51. The van der Waals surface area contributed by atoms with Gasteiger partial charge in [-0.15, -0.1) is 0 Å². The lowest BCUT2D eigenvalue weighted by Crippen LogP contribution is -2.38. The minimum absolute atomic E-state index is 0.0895. The Morgan fingerprint density at radius 3 is 2.67 bits per heavy atom. The topological polar surface area (TPSA) is 75.7 Å². The summed E-state index contributed by atoms with van der Waals surface area (Å²) in [7, 11) is -1.71. The van der Waals surface area contributed by atoms with E-state index in [1.54, 1.807) is 38.3 Å². The Balaban J connectivity index is 2.73. The maximum atomic E-state index is 11.7. The second-order valence-electron chi connectivity index (χ2n) is 4.59. The molecule has 0 fully saturated rings. The maximum Gasteiger partial charge on any atom is 0.223 e. The fourth-order valence-corrected chi connectivity index (χ4v) is 2.98. The molecule has 1 N–H and O–H groups in total. The molecule has 21 heavy (non-hydrogen) atoms. The Morgan fingerprint density at radius 2 is 2.10 bits per heavy atom. The smallest absolute Gasteiger partial charge is 0.223 e. The molecule has 0 saturated heterocycles. The molecule has 0 aliphatic rings. The quantitative estimate of drug-likeness (QED) is 0.786. The largest absolute Gasteiger partial charge is 0.497 e. The minimum Gasteiger partial charge on any atom is -0.497 e. The van der Waals surface area contributed by atoms with Crippen molar-refractivity contribution in [1.29, 1.82) is 0 Å². The molecule has 0 radical (unpaired) electrons. The van der Waals surface area contributed by atoms with Crippen LogP contribution in [0.4, 0.5) is 5.69 Å². The number of carbonyl (C=O) groups excluding carboxylic acids is 1. The van der Waals surface area contributed by atoms with Gasteiger partial charge in [0.1, 0.15) is 5.75 Å². The normalized spacial score (nSPS) is 11.2. The van der Waals surface area contributed by atoms with Gasteiger partial charge >= 0.3 is 0 Å². The van der Waals surface area contributed by atoms with Crippen molar-refractivity contribution < 1.29 is 17.9 Å². The van der Waals surface area contributed by atoms with Gasteiger partial charge in [-0.3, -0.25) is 4.79 Å². The number of hydrogen-bond acceptors (Lipinski definition) is 4. The Bertz CT molecular complexity index is 572. The highest BCUT2D eigenvalue weighted by atomic mass is 32.2. The molecule has 0 heterocycles. The monoisotopic (exact) mass is 314 g/mol. The van der Waals surface area contributed by atoms with Crippen LogP contribution in [-0.4, -0.2) is 40.3 Å². The zero-order valence-corrected chi connectivity index (χ0v) is 13.4. The fourth-order valence-electron chi connectivity index (χ4n) is 1.90. The van der Waals surface area contributed by atoms with Crippen molar-refractivity contribution >= 4 is 21.6 Å². The lowest BCUT2D eigenvalue weighted by Gasteiger charge is -2.21. The van der Waals surface area contributed by atoms with Crippen LogP contribution in [0.15, 0.2) is 24.3 Å². The SMILES string of the molecule is CCCS(=O)(=O)NCCN(C(C)=O)c1cccc(OC)c1. The first-order valence-corrected chi connectivity index (χ1v) is 8.44. The zero-order chi connectivity index (χ0) is 15.9. The van der Waals surface area contributed by atoms with Crippen LogP contribution >= 0.6 is 0 Å². The van der Waals surface area contributed by atoms with Crippen LogP contribution in [0, 0.1) is 0 Å². The van der Waals surface area contributed by atoms with Crippen molar-refractivity contribution in [1.82, 2.24) is 4.72 Å². The lowest BCUT2D eigenvalue weighted by molar-refractivity contribution is -0.116. The summed E-state index contributed by atoms with van der Waals surface area (Å²) in [5.41, 5.74) is 0.677. The molecule has 7 heteroatoms. The fraction of sp³-hybridized carbons (Fsp3) is 0.500. The Kier molecular flexibility index (Phi) is 6.64. The first-order chi connectivity index (χ1) is 9.89. The molecule has 0 saturated carbocycles. The average molecular weight is 314 g/mol. The number of ether oxygens (including phenoxy) is 1. The molecule has 0 aromatic heterocycles. The number of methoxy groups -OCH3 is 1. The van der Waals surface area contributed by atoms with Crippen molar-refractivity contribution in [2.75, 3.05) is 30.9 Å². The molecule has 6 nitrogen and oxygen atoms in total. The highest BCUT2D eigenvalue weighted by Crippen LogP contribution is 2.20. The average Bonchev–Trinajstić information content (AvgIpc) is 2.43. The summed E-state index contributed by atoms with van der Waals surface area (Å²) >= 11 is 0. The summed E-state index contributed by atoms with van der Waals surface area (Å²) in [6.07, 6.45) is 0.557. The molecule has 1 amide bonds. The van der Waals surface area contributed by atoms with E-state index >= 15 is 0 Å². The molecule has 1 aromatic rings. The van der Waals surface area contributed by atoms with Crippen LogP contribution in [0.2, 0.25) is 0 Å². The minimum atomic E-state index is -3.26. The van der Waals surface area contributed by atoms with Gasteiger partial charge in [-0.1, -0.05) is 13.0 Å². The number of benzene rings is 1. The highest BCUT2D eigenvalue weighted by molar-refractivity contribution is 7.89. The van der Waals surface area contributed by atoms with Crippen molar-refractivity contribution in [3.05, 3.63) is 24.3 Å². The van der Waals surface area contributed by atoms with E-state index in [1.807, 2.05) is 0 Å². The molecule has 0 unspecified atom stereocenters. The first-order valence-electron chi connectivity index (χ1n) is 6.79. The number of anilines is 1.